The summed E-state index contributed by atoms with van der Waals surface area (Å²) in [6, 6.07) is 14.3. The Morgan fingerprint density at radius 3 is 2.49 bits per heavy atom. The number of carbonyl (C=O) groups is 2. The summed E-state index contributed by atoms with van der Waals surface area (Å²) in [5.41, 5.74) is -0.295. The van der Waals surface area contributed by atoms with E-state index in [1.54, 1.807) is 30.3 Å². The van der Waals surface area contributed by atoms with Crippen molar-refractivity contribution < 1.29 is 28.6 Å². The molecule has 0 radical (unpaired) electrons. The number of rotatable bonds is 8. The van der Waals surface area contributed by atoms with Crippen molar-refractivity contribution in [3.8, 4) is 16.9 Å². The highest BCUT2D eigenvalue weighted by molar-refractivity contribution is 6.34. The fourth-order valence-corrected chi connectivity index (χ4v) is 3.62. The minimum atomic E-state index is -1.15. The van der Waals surface area contributed by atoms with Crippen molar-refractivity contribution in [2.24, 2.45) is 0 Å². The molecule has 0 aliphatic heterocycles. The molecule has 12 heteroatoms. The molecule has 0 spiro atoms. The first-order valence-corrected chi connectivity index (χ1v) is 11.3. The molecule has 0 aliphatic carbocycles. The molecule has 0 saturated heterocycles. The van der Waals surface area contributed by atoms with Gasteiger partial charge in [-0.2, -0.15) is 5.10 Å². The van der Waals surface area contributed by atoms with Crippen LogP contribution in [0.2, 0.25) is 5.02 Å². The molecule has 2 amide bonds. The van der Waals surface area contributed by atoms with E-state index in [0.29, 0.717) is 5.69 Å². The van der Waals surface area contributed by atoms with Crippen LogP contribution in [-0.2, 0) is 0 Å². The Labute approximate surface area is 214 Å². The third-order valence-electron chi connectivity index (χ3n) is 5.21. The van der Waals surface area contributed by atoms with Gasteiger partial charge < -0.3 is 20.8 Å². The van der Waals surface area contributed by atoms with E-state index >= 15 is 0 Å². The summed E-state index contributed by atoms with van der Waals surface area (Å²) < 4.78 is 30.2. The fourth-order valence-electron chi connectivity index (χ4n) is 3.38. The van der Waals surface area contributed by atoms with Gasteiger partial charge in [-0.25, -0.2) is 13.5 Å². The monoisotopic (exact) mass is 527 g/mol. The van der Waals surface area contributed by atoms with Crippen molar-refractivity contribution >= 4 is 29.2 Å². The summed E-state index contributed by atoms with van der Waals surface area (Å²) in [6.45, 7) is -0.754. The molecule has 4 rings (SSSR count). The van der Waals surface area contributed by atoms with E-state index < -0.39 is 36.2 Å². The van der Waals surface area contributed by atoms with Crippen molar-refractivity contribution in [2.45, 2.75) is 6.10 Å². The third kappa shape index (κ3) is 5.80. The molecule has 0 saturated carbocycles. The molecule has 2 aromatic carbocycles. The van der Waals surface area contributed by atoms with Gasteiger partial charge >= 0.3 is 0 Å². The lowest BCUT2D eigenvalue weighted by Crippen LogP contribution is -2.34. The largest absolute Gasteiger partial charge is 0.394 e. The molecular formula is C25H20ClF2N5O4. The van der Waals surface area contributed by atoms with Gasteiger partial charge in [0.05, 0.1) is 29.0 Å². The van der Waals surface area contributed by atoms with E-state index in [1.807, 2.05) is 0 Å². The molecule has 190 valence electrons. The van der Waals surface area contributed by atoms with Gasteiger partial charge in [0.15, 0.2) is 5.69 Å². The lowest BCUT2D eigenvalue weighted by molar-refractivity contribution is 0.0798. The lowest BCUT2D eigenvalue weighted by atomic mass is 10.1. The molecule has 9 nitrogen and oxygen atoms in total. The van der Waals surface area contributed by atoms with Gasteiger partial charge in [-0.3, -0.25) is 14.6 Å². The molecule has 37 heavy (non-hydrogen) atoms. The number of carbonyl (C=O) groups excluding carboxylic acids is 2. The second-order valence-corrected chi connectivity index (χ2v) is 8.22. The Balaban J connectivity index is 1.69. The zero-order valence-electron chi connectivity index (χ0n) is 19.0. The van der Waals surface area contributed by atoms with Crippen LogP contribution in [0.3, 0.4) is 0 Å². The average molecular weight is 528 g/mol. The number of amides is 2. The minimum absolute atomic E-state index is 0.0787. The van der Waals surface area contributed by atoms with Crippen LogP contribution in [0.4, 0.5) is 14.6 Å². The van der Waals surface area contributed by atoms with E-state index in [-0.39, 0.29) is 39.9 Å². The number of anilines is 1. The van der Waals surface area contributed by atoms with Crippen LogP contribution in [0.5, 0.6) is 0 Å². The predicted molar refractivity (Wildman–Crippen MR) is 132 cm³/mol. The van der Waals surface area contributed by atoms with Crippen molar-refractivity contribution in [1.29, 1.82) is 0 Å². The van der Waals surface area contributed by atoms with Gasteiger partial charge in [0.25, 0.3) is 11.8 Å². The first-order valence-electron chi connectivity index (χ1n) is 10.9. The Hall–Kier alpha value is -4.19. The molecule has 0 aliphatic rings. The number of aliphatic hydroxyl groups excluding tert-OH is 2. The predicted octanol–water partition coefficient (Wildman–Crippen LogP) is 3.20. The highest BCUT2D eigenvalue weighted by atomic mass is 35.5. The van der Waals surface area contributed by atoms with Crippen LogP contribution in [0.1, 0.15) is 20.8 Å². The fraction of sp³-hybridized carbons (Fsp3) is 0.120. The lowest BCUT2D eigenvalue weighted by Gasteiger charge is -2.11. The number of aromatic nitrogens is 3. The molecule has 0 unspecified atom stereocenters. The van der Waals surface area contributed by atoms with Crippen LogP contribution >= 0.6 is 11.6 Å². The van der Waals surface area contributed by atoms with Crippen LogP contribution in [-0.4, -0.2) is 56.0 Å². The summed E-state index contributed by atoms with van der Waals surface area (Å²) in [5, 5.41) is 27.5. The van der Waals surface area contributed by atoms with Gasteiger partial charge in [-0.15, -0.1) is 0 Å². The van der Waals surface area contributed by atoms with Crippen molar-refractivity contribution in [3.05, 3.63) is 94.8 Å². The standard InChI is InChI=1S/C25H20ClF2N5O4/c26-18-10-20(28)17(23-19(27)7-4-8-29-23)9-16(18)24(36)31-22-11-21(25(37)30-12-15(35)13-34)32-33(22)14-5-2-1-3-6-14/h1-11,15,34-35H,12-13H2,(H,30,37)(H,31,36)/t15-/m0/s1. The Bertz CT molecular complexity index is 1450. The second-order valence-electron chi connectivity index (χ2n) is 7.81. The van der Waals surface area contributed by atoms with Crippen LogP contribution in [0.15, 0.2) is 66.9 Å². The number of pyridine rings is 1. The maximum absolute atomic E-state index is 14.6. The van der Waals surface area contributed by atoms with Gasteiger partial charge in [0.2, 0.25) is 0 Å². The third-order valence-corrected chi connectivity index (χ3v) is 5.52. The molecule has 2 aromatic heterocycles. The summed E-state index contributed by atoms with van der Waals surface area (Å²) in [7, 11) is 0. The number of nitrogens with zero attached hydrogens (tertiary/aromatic N) is 3. The first-order chi connectivity index (χ1) is 17.8. The van der Waals surface area contributed by atoms with E-state index in [9.17, 15) is 23.5 Å². The highest BCUT2D eigenvalue weighted by Gasteiger charge is 2.22. The van der Waals surface area contributed by atoms with E-state index in [0.717, 1.165) is 18.2 Å². The summed E-state index contributed by atoms with van der Waals surface area (Å²) >= 11 is 6.14. The smallest absolute Gasteiger partial charge is 0.271 e. The quantitative estimate of drug-likeness (QED) is 0.278. The second kappa shape index (κ2) is 11.2. The minimum Gasteiger partial charge on any atom is -0.394 e. The summed E-state index contributed by atoms with van der Waals surface area (Å²) in [4.78, 5) is 29.6. The summed E-state index contributed by atoms with van der Waals surface area (Å²) in [5.74, 6) is -3.00. The van der Waals surface area contributed by atoms with Gasteiger partial charge in [0, 0.05) is 24.4 Å². The number of hydrogen-bond acceptors (Lipinski definition) is 6. The number of benzene rings is 2. The Morgan fingerprint density at radius 2 is 1.78 bits per heavy atom. The SMILES string of the molecule is O=C(NC[C@H](O)CO)c1cc(NC(=O)c2cc(-c3ncccc3F)c(F)cc2Cl)n(-c2ccccc2)n1. The Kier molecular flexibility index (Phi) is 7.87. The van der Waals surface area contributed by atoms with E-state index in [1.165, 1.54) is 23.0 Å². The number of hydrogen-bond donors (Lipinski definition) is 4. The molecule has 4 N–H and O–H groups in total. The maximum Gasteiger partial charge on any atom is 0.271 e. The van der Waals surface area contributed by atoms with Gasteiger partial charge in [-0.1, -0.05) is 29.8 Å². The molecular weight excluding hydrogens is 508 g/mol. The molecule has 0 fully saturated rings. The number of aliphatic hydroxyl groups is 2. The van der Waals surface area contributed by atoms with Crippen molar-refractivity contribution in [3.63, 3.8) is 0 Å². The number of nitrogens with one attached hydrogen (secondary N) is 2. The van der Waals surface area contributed by atoms with Gasteiger partial charge in [0.1, 0.15) is 23.1 Å². The number of halogens is 3. The van der Waals surface area contributed by atoms with E-state index in [4.69, 9.17) is 16.7 Å². The zero-order chi connectivity index (χ0) is 26.5. The van der Waals surface area contributed by atoms with Crippen LogP contribution < -0.4 is 10.6 Å². The summed E-state index contributed by atoms with van der Waals surface area (Å²) in [6.07, 6.45) is 0.134. The van der Waals surface area contributed by atoms with Crippen LogP contribution in [0.25, 0.3) is 16.9 Å². The first kappa shape index (κ1) is 25.9. The van der Waals surface area contributed by atoms with E-state index in [2.05, 4.69) is 20.7 Å². The molecule has 4 aromatic rings. The van der Waals surface area contributed by atoms with Crippen molar-refractivity contribution in [1.82, 2.24) is 20.1 Å². The number of para-hydroxylation sites is 1. The average Bonchev–Trinajstić information content (AvgIpc) is 3.32. The molecule has 2 heterocycles. The molecule has 0 bridgehead atoms. The molecule has 1 atom stereocenters. The highest BCUT2D eigenvalue weighted by Crippen LogP contribution is 2.30. The maximum atomic E-state index is 14.6. The Morgan fingerprint density at radius 1 is 1.03 bits per heavy atom. The topological polar surface area (TPSA) is 129 Å². The van der Waals surface area contributed by atoms with Gasteiger partial charge in [-0.05, 0) is 36.4 Å². The zero-order valence-corrected chi connectivity index (χ0v) is 19.8. The van der Waals surface area contributed by atoms with Crippen LogP contribution in [0, 0.1) is 11.6 Å². The van der Waals surface area contributed by atoms with Crippen molar-refractivity contribution in [2.75, 3.05) is 18.5 Å². The normalized spacial score (nSPS) is 11.7.